The summed E-state index contributed by atoms with van der Waals surface area (Å²) in [5, 5.41) is 1.27. The number of aromatic nitrogens is 1. The van der Waals surface area contributed by atoms with Crippen LogP contribution in [-0.2, 0) is 6.42 Å². The fourth-order valence-electron chi connectivity index (χ4n) is 3.41. The van der Waals surface area contributed by atoms with Crippen LogP contribution in [0.5, 0.6) is 0 Å². The smallest absolute Gasteiger partial charge is 0.0919 e. The van der Waals surface area contributed by atoms with E-state index in [2.05, 4.69) is 77.3 Å². The number of nitrogens with zero attached hydrogens (tertiary/aromatic N) is 2. The molecule has 0 aliphatic carbocycles. The van der Waals surface area contributed by atoms with E-state index in [1.807, 2.05) is 0 Å². The van der Waals surface area contributed by atoms with Gasteiger partial charge in [0.2, 0.25) is 0 Å². The molecule has 1 heterocycles. The van der Waals surface area contributed by atoms with Crippen molar-refractivity contribution >= 4 is 37.5 Å². The van der Waals surface area contributed by atoms with Crippen LogP contribution in [0.1, 0.15) is 44.6 Å². The molecule has 2 nitrogen and oxygen atoms in total. The molecule has 0 fully saturated rings. The number of aryl methyl sites for hydroxylation is 1. The van der Waals surface area contributed by atoms with Gasteiger partial charge in [-0.1, -0.05) is 60.0 Å². The van der Waals surface area contributed by atoms with E-state index in [1.54, 1.807) is 11.5 Å². The highest BCUT2D eigenvalue weighted by Gasteiger charge is 2.09. The number of halogens is 1. The Kier molecular flexibility index (Phi) is 7.86. The minimum absolute atomic E-state index is 1.10. The van der Waals surface area contributed by atoms with E-state index in [0.717, 1.165) is 16.6 Å². The van der Waals surface area contributed by atoms with Crippen LogP contribution in [-0.4, -0.2) is 29.4 Å². The van der Waals surface area contributed by atoms with Gasteiger partial charge in [0.15, 0.2) is 0 Å². The van der Waals surface area contributed by atoms with Crippen molar-refractivity contribution in [1.29, 1.82) is 0 Å². The molecule has 0 unspecified atom stereocenters. The number of fused-ring (bicyclic) bond motifs is 1. The molecule has 27 heavy (non-hydrogen) atoms. The third-order valence-electron chi connectivity index (χ3n) is 5.05. The Labute approximate surface area is 175 Å². The van der Waals surface area contributed by atoms with Crippen molar-refractivity contribution in [2.75, 3.05) is 20.1 Å². The van der Waals surface area contributed by atoms with Gasteiger partial charge in [0.05, 0.1) is 10.4 Å². The lowest BCUT2D eigenvalue weighted by Crippen LogP contribution is -2.20. The summed E-state index contributed by atoms with van der Waals surface area (Å²) >= 11 is 5.11. The monoisotopic (exact) mass is 444 g/mol. The Bertz CT molecular complexity index is 841. The molecule has 2 aromatic carbocycles. The predicted molar refractivity (Wildman–Crippen MR) is 123 cm³/mol. The van der Waals surface area contributed by atoms with E-state index < -0.39 is 0 Å². The number of hydrogen-bond acceptors (Lipinski definition) is 3. The maximum Gasteiger partial charge on any atom is 0.0919 e. The molecule has 0 N–H and O–H groups in total. The van der Waals surface area contributed by atoms with E-state index in [1.165, 1.54) is 66.4 Å². The first-order valence-electron chi connectivity index (χ1n) is 10.00. The van der Waals surface area contributed by atoms with Gasteiger partial charge in [-0.05, 0) is 81.1 Å². The molecular formula is C23H29BrN2S. The maximum atomic E-state index is 4.71. The first-order chi connectivity index (χ1) is 13.2. The van der Waals surface area contributed by atoms with E-state index in [-0.39, 0.29) is 0 Å². The van der Waals surface area contributed by atoms with E-state index in [9.17, 15) is 0 Å². The lowest BCUT2D eigenvalue weighted by molar-refractivity contribution is 0.318. The maximum absolute atomic E-state index is 4.71. The SMILES string of the molecule is CCCCCN(C)CCCCc1ccc2c(-c3ccc(Br)cc3)nsc2c1. The van der Waals surface area contributed by atoms with Gasteiger partial charge in [-0.2, -0.15) is 4.37 Å². The average Bonchev–Trinajstić information content (AvgIpc) is 3.09. The molecule has 0 amide bonds. The minimum atomic E-state index is 1.10. The highest BCUT2D eigenvalue weighted by molar-refractivity contribution is 9.10. The van der Waals surface area contributed by atoms with Gasteiger partial charge in [0.1, 0.15) is 0 Å². The van der Waals surface area contributed by atoms with E-state index in [4.69, 9.17) is 4.37 Å². The Balaban J connectivity index is 1.54. The van der Waals surface area contributed by atoms with Crippen LogP contribution in [0.25, 0.3) is 21.3 Å². The summed E-state index contributed by atoms with van der Waals surface area (Å²) in [5.74, 6) is 0. The molecule has 0 radical (unpaired) electrons. The molecule has 4 heteroatoms. The first kappa shape index (κ1) is 20.5. The molecule has 0 saturated heterocycles. The van der Waals surface area contributed by atoms with Crippen molar-refractivity contribution in [2.45, 2.75) is 45.4 Å². The summed E-state index contributed by atoms with van der Waals surface area (Å²) < 4.78 is 7.11. The normalized spacial score (nSPS) is 11.6. The molecule has 0 spiro atoms. The zero-order valence-corrected chi connectivity index (χ0v) is 18.8. The summed E-state index contributed by atoms with van der Waals surface area (Å²) in [7, 11) is 2.25. The van der Waals surface area contributed by atoms with Crippen molar-refractivity contribution in [3.63, 3.8) is 0 Å². The highest BCUT2D eigenvalue weighted by Crippen LogP contribution is 2.32. The van der Waals surface area contributed by atoms with Crippen LogP contribution in [0.2, 0.25) is 0 Å². The standard InChI is InChI=1S/C23H29BrN2S/c1-3-4-6-15-26(2)16-7-5-8-18-9-14-21-22(17-18)27-25-23(21)19-10-12-20(24)13-11-19/h9-14,17H,3-8,15-16H2,1-2H3. The second-order valence-electron chi connectivity index (χ2n) is 7.34. The zero-order chi connectivity index (χ0) is 19.1. The Morgan fingerprint density at radius 1 is 0.963 bits per heavy atom. The van der Waals surface area contributed by atoms with Crippen LogP contribution in [0.4, 0.5) is 0 Å². The molecule has 1 aromatic heterocycles. The summed E-state index contributed by atoms with van der Waals surface area (Å²) in [6.07, 6.45) is 7.66. The van der Waals surface area contributed by atoms with Gasteiger partial charge in [-0.25, -0.2) is 0 Å². The molecule has 144 valence electrons. The van der Waals surface area contributed by atoms with Crippen LogP contribution in [0, 0.1) is 0 Å². The second-order valence-corrected chi connectivity index (χ2v) is 9.06. The number of unbranched alkanes of at least 4 members (excludes halogenated alkanes) is 3. The third kappa shape index (κ3) is 5.87. The Morgan fingerprint density at radius 2 is 1.70 bits per heavy atom. The Hall–Kier alpha value is -1.23. The molecule has 3 rings (SSSR count). The second kappa shape index (κ2) is 10.4. The van der Waals surface area contributed by atoms with Crippen LogP contribution in [0.15, 0.2) is 46.9 Å². The fourth-order valence-corrected chi connectivity index (χ4v) is 4.53. The molecule has 0 aliphatic heterocycles. The van der Waals surface area contributed by atoms with Crippen molar-refractivity contribution in [1.82, 2.24) is 9.27 Å². The summed E-state index contributed by atoms with van der Waals surface area (Å²) in [5.41, 5.74) is 3.72. The molecular weight excluding hydrogens is 416 g/mol. The minimum Gasteiger partial charge on any atom is -0.306 e. The third-order valence-corrected chi connectivity index (χ3v) is 6.39. The van der Waals surface area contributed by atoms with Gasteiger partial charge in [-0.3, -0.25) is 0 Å². The van der Waals surface area contributed by atoms with Crippen LogP contribution in [0.3, 0.4) is 0 Å². The van der Waals surface area contributed by atoms with Gasteiger partial charge in [0, 0.05) is 15.4 Å². The Morgan fingerprint density at radius 3 is 2.44 bits per heavy atom. The zero-order valence-electron chi connectivity index (χ0n) is 16.4. The van der Waals surface area contributed by atoms with Gasteiger partial charge in [0.25, 0.3) is 0 Å². The highest BCUT2D eigenvalue weighted by atomic mass is 79.9. The molecule has 0 atom stereocenters. The van der Waals surface area contributed by atoms with Gasteiger partial charge < -0.3 is 4.90 Å². The van der Waals surface area contributed by atoms with Crippen LogP contribution < -0.4 is 0 Å². The average molecular weight is 445 g/mol. The van der Waals surface area contributed by atoms with Crippen molar-refractivity contribution in [3.05, 3.63) is 52.5 Å². The topological polar surface area (TPSA) is 16.1 Å². The lowest BCUT2D eigenvalue weighted by Gasteiger charge is -2.16. The number of hydrogen-bond donors (Lipinski definition) is 0. The summed E-state index contributed by atoms with van der Waals surface area (Å²) in [6.45, 7) is 4.71. The number of rotatable bonds is 10. The molecule has 0 aliphatic rings. The van der Waals surface area contributed by atoms with Gasteiger partial charge in [-0.15, -0.1) is 0 Å². The fraction of sp³-hybridized carbons (Fsp3) is 0.435. The first-order valence-corrected chi connectivity index (χ1v) is 11.6. The summed E-state index contributed by atoms with van der Waals surface area (Å²) in [6, 6.07) is 15.3. The number of benzene rings is 2. The molecule has 3 aromatic rings. The predicted octanol–water partition coefficient (Wildman–Crippen LogP) is 7.17. The molecule has 0 bridgehead atoms. The summed E-state index contributed by atoms with van der Waals surface area (Å²) in [4.78, 5) is 2.48. The molecule has 0 saturated carbocycles. The largest absolute Gasteiger partial charge is 0.306 e. The van der Waals surface area contributed by atoms with E-state index in [0.29, 0.717) is 0 Å². The van der Waals surface area contributed by atoms with E-state index >= 15 is 0 Å². The quantitative estimate of drug-likeness (QED) is 0.308. The van der Waals surface area contributed by atoms with Crippen molar-refractivity contribution in [2.24, 2.45) is 0 Å². The van der Waals surface area contributed by atoms with Crippen molar-refractivity contribution < 1.29 is 0 Å². The van der Waals surface area contributed by atoms with Gasteiger partial charge >= 0.3 is 0 Å². The van der Waals surface area contributed by atoms with Crippen molar-refractivity contribution in [3.8, 4) is 11.3 Å². The van der Waals surface area contributed by atoms with Crippen LogP contribution >= 0.6 is 27.5 Å². The lowest BCUT2D eigenvalue weighted by atomic mass is 10.0.